The van der Waals surface area contributed by atoms with Gasteiger partial charge in [-0.2, -0.15) is 0 Å². The number of nitrogens with one attached hydrogen (secondary N) is 1. The van der Waals surface area contributed by atoms with Gasteiger partial charge in [-0.05, 0) is 44.0 Å². The Morgan fingerprint density at radius 3 is 2.31 bits per heavy atom. The second-order valence-corrected chi connectivity index (χ2v) is 13.7. The first-order chi connectivity index (χ1) is 15.0. The van der Waals surface area contributed by atoms with Gasteiger partial charge in [-0.15, -0.1) is 0 Å². The topological polar surface area (TPSA) is 132 Å². The van der Waals surface area contributed by atoms with Crippen molar-refractivity contribution in [2.24, 2.45) is 0 Å². The molecule has 32 heavy (non-hydrogen) atoms. The van der Waals surface area contributed by atoms with Gasteiger partial charge in [0.25, 0.3) is 5.91 Å². The average Bonchev–Trinajstić information content (AvgIpc) is 2.74. The van der Waals surface area contributed by atoms with E-state index >= 15 is 0 Å². The zero-order valence-electron chi connectivity index (χ0n) is 18.1. The molecule has 0 radical (unpaired) electrons. The van der Waals surface area contributed by atoms with Crippen molar-refractivity contribution in [3.05, 3.63) is 66.0 Å². The fourth-order valence-electron chi connectivity index (χ4n) is 2.89. The van der Waals surface area contributed by atoms with Crippen LogP contribution in [0.4, 0.5) is 11.5 Å². The van der Waals surface area contributed by atoms with Crippen molar-refractivity contribution in [2.75, 3.05) is 29.4 Å². The van der Waals surface area contributed by atoms with Crippen LogP contribution in [0.2, 0.25) is 0 Å². The Morgan fingerprint density at radius 2 is 1.72 bits per heavy atom. The summed E-state index contributed by atoms with van der Waals surface area (Å²) in [5.74, 6) is -0.584. The molecule has 1 heterocycles. The highest BCUT2D eigenvalue weighted by Crippen LogP contribution is 2.43. The maximum atomic E-state index is 12.7. The van der Waals surface area contributed by atoms with Crippen LogP contribution >= 0.6 is 7.14 Å². The lowest BCUT2D eigenvalue weighted by atomic mass is 10.1. The fourth-order valence-corrected chi connectivity index (χ4v) is 7.64. The molecule has 0 saturated heterocycles. The Morgan fingerprint density at radius 1 is 1.09 bits per heavy atom. The largest absolute Gasteiger partial charge is 0.382 e. The van der Waals surface area contributed by atoms with Gasteiger partial charge in [-0.3, -0.25) is 4.79 Å². The second-order valence-electron chi connectivity index (χ2n) is 7.69. The summed E-state index contributed by atoms with van der Waals surface area (Å²) in [6, 6.07) is 13.3. The first-order valence-electron chi connectivity index (χ1n) is 9.90. The average molecular weight is 473 g/mol. The van der Waals surface area contributed by atoms with Gasteiger partial charge in [-0.25, -0.2) is 18.4 Å². The minimum Gasteiger partial charge on any atom is -0.382 e. The summed E-state index contributed by atoms with van der Waals surface area (Å²) in [5.41, 5.74) is 8.20. The number of aryl methyl sites for hydroxylation is 1. The molecular weight excluding hydrogens is 447 g/mol. The molecule has 1 aromatic heterocycles. The number of hydrogen-bond acceptors (Lipinski definition) is 7. The van der Waals surface area contributed by atoms with Crippen molar-refractivity contribution in [1.82, 2.24) is 9.97 Å². The number of nitrogens with two attached hydrogens (primary N) is 1. The lowest BCUT2D eigenvalue weighted by Crippen LogP contribution is -2.17. The van der Waals surface area contributed by atoms with Crippen molar-refractivity contribution in [3.8, 4) is 11.3 Å². The van der Waals surface area contributed by atoms with E-state index in [1.54, 1.807) is 6.92 Å². The molecule has 3 N–H and O–H groups in total. The molecule has 8 nitrogen and oxygen atoms in total. The highest BCUT2D eigenvalue weighted by molar-refractivity contribution is 7.99. The maximum Gasteiger partial charge on any atom is 0.278 e. The number of nitrogen functional groups attached to an aromatic ring is 1. The molecular formula is C22H25N4O4PS. The highest BCUT2D eigenvalue weighted by atomic mass is 32.2. The zero-order chi connectivity index (χ0) is 23.5. The van der Waals surface area contributed by atoms with Crippen LogP contribution in [0.1, 0.15) is 23.0 Å². The number of benzene rings is 2. The Hall–Kier alpha value is -3.03. The van der Waals surface area contributed by atoms with Crippen LogP contribution in [0.15, 0.2) is 59.6 Å². The van der Waals surface area contributed by atoms with Gasteiger partial charge in [0.2, 0.25) is 0 Å². The van der Waals surface area contributed by atoms with E-state index in [0.717, 1.165) is 11.1 Å². The molecule has 0 saturated carbocycles. The molecule has 1 amide bonds. The van der Waals surface area contributed by atoms with Gasteiger partial charge in [0, 0.05) is 11.3 Å². The molecule has 0 fully saturated rings. The number of aromatic nitrogens is 2. The van der Waals surface area contributed by atoms with E-state index in [-0.39, 0.29) is 21.9 Å². The number of rotatable bonds is 7. The Kier molecular flexibility index (Phi) is 6.81. The summed E-state index contributed by atoms with van der Waals surface area (Å²) in [6.45, 7) is 5.16. The number of nitrogens with zero attached hydrogens (tertiary/aromatic N) is 2. The summed E-state index contributed by atoms with van der Waals surface area (Å²) in [6.07, 6.45) is 1.81. The van der Waals surface area contributed by atoms with Crippen molar-refractivity contribution in [3.63, 3.8) is 0 Å². The highest BCUT2D eigenvalue weighted by Gasteiger charge is 2.25. The standard InChI is InChI=1S/C22H25N4O4PS/c1-4-31(3,28)14-32(29,30)18-11-9-17(10-12-18)25-22(27)20-21(23)24-13-19(26-20)16-7-5-15(2)6-8-16/h5-13H,4,14H2,1-3H3,(H2,23,24)(H,25,27)/t31-/m0/s1. The van der Waals surface area contributed by atoms with E-state index in [2.05, 4.69) is 15.3 Å². The lowest BCUT2D eigenvalue weighted by molar-refractivity contribution is 0.102. The van der Waals surface area contributed by atoms with Gasteiger partial charge in [0.05, 0.1) is 23.9 Å². The van der Waals surface area contributed by atoms with Crippen LogP contribution in [0, 0.1) is 6.92 Å². The predicted octanol–water partition coefficient (Wildman–Crippen LogP) is 4.03. The monoisotopic (exact) mass is 472 g/mol. The lowest BCUT2D eigenvalue weighted by Gasteiger charge is -2.12. The minimum atomic E-state index is -3.69. The van der Waals surface area contributed by atoms with E-state index in [1.807, 2.05) is 31.2 Å². The molecule has 0 spiro atoms. The Balaban J connectivity index is 1.80. The van der Waals surface area contributed by atoms with E-state index < -0.39 is 22.9 Å². The number of carbonyl (C=O) groups excluding carboxylic acids is 1. The van der Waals surface area contributed by atoms with Gasteiger partial charge in [0.1, 0.15) is 5.49 Å². The van der Waals surface area contributed by atoms with Crippen molar-refractivity contribution in [2.45, 2.75) is 18.7 Å². The third-order valence-corrected chi connectivity index (χ3v) is 10.8. The summed E-state index contributed by atoms with van der Waals surface area (Å²) in [7, 11) is -6.45. The quantitative estimate of drug-likeness (QED) is 0.496. The molecule has 0 aliphatic rings. The number of hydrogen-bond donors (Lipinski definition) is 2. The van der Waals surface area contributed by atoms with Gasteiger partial charge < -0.3 is 15.6 Å². The van der Waals surface area contributed by atoms with Crippen LogP contribution in [0.25, 0.3) is 11.3 Å². The first kappa shape index (κ1) is 23.6. The number of anilines is 2. The third-order valence-electron chi connectivity index (χ3n) is 4.95. The molecule has 168 valence electrons. The van der Waals surface area contributed by atoms with E-state index in [1.165, 1.54) is 37.1 Å². The predicted molar refractivity (Wildman–Crippen MR) is 127 cm³/mol. The first-order valence-corrected chi connectivity index (χ1v) is 14.1. The number of amides is 1. The van der Waals surface area contributed by atoms with Crippen LogP contribution in [0.5, 0.6) is 0 Å². The van der Waals surface area contributed by atoms with Gasteiger partial charge >= 0.3 is 0 Å². The van der Waals surface area contributed by atoms with Crippen LogP contribution in [0.3, 0.4) is 0 Å². The van der Waals surface area contributed by atoms with E-state index in [0.29, 0.717) is 17.5 Å². The zero-order valence-corrected chi connectivity index (χ0v) is 19.8. The van der Waals surface area contributed by atoms with E-state index in [4.69, 9.17) is 5.73 Å². The number of carbonyl (C=O) groups is 1. The number of sulfone groups is 1. The minimum absolute atomic E-state index is 0.0178. The smallest absolute Gasteiger partial charge is 0.278 e. The van der Waals surface area contributed by atoms with Crippen molar-refractivity contribution >= 4 is 34.4 Å². The molecule has 10 heteroatoms. The van der Waals surface area contributed by atoms with Crippen LogP contribution in [-0.4, -0.2) is 42.6 Å². The van der Waals surface area contributed by atoms with Gasteiger partial charge in [0.15, 0.2) is 21.3 Å². The summed E-state index contributed by atoms with van der Waals surface area (Å²) in [5, 5.41) is 2.65. The van der Waals surface area contributed by atoms with E-state index in [9.17, 15) is 17.8 Å². The molecule has 0 aliphatic carbocycles. The Labute approximate surface area is 187 Å². The second kappa shape index (κ2) is 9.22. The molecule has 0 aliphatic heterocycles. The molecule has 0 bridgehead atoms. The normalized spacial score (nSPS) is 13.3. The Bertz CT molecular complexity index is 1290. The van der Waals surface area contributed by atoms with Crippen LogP contribution < -0.4 is 11.1 Å². The van der Waals surface area contributed by atoms with Crippen molar-refractivity contribution in [1.29, 1.82) is 0 Å². The third kappa shape index (κ3) is 5.60. The fraction of sp³-hybridized carbons (Fsp3) is 0.227. The summed E-state index contributed by atoms with van der Waals surface area (Å²) >= 11 is 0. The van der Waals surface area contributed by atoms with Gasteiger partial charge in [-0.1, -0.05) is 36.8 Å². The van der Waals surface area contributed by atoms with Crippen molar-refractivity contribution < 1.29 is 17.8 Å². The molecule has 2 aromatic carbocycles. The molecule has 3 rings (SSSR count). The molecule has 3 aromatic rings. The molecule has 0 unspecified atom stereocenters. The van der Waals surface area contributed by atoms with Crippen LogP contribution in [-0.2, 0) is 14.4 Å². The SMILES string of the molecule is CC[P@](C)(=O)CS(=O)(=O)c1ccc(NC(=O)c2nc(-c3ccc(C)cc3)cnc2N)cc1. The summed E-state index contributed by atoms with van der Waals surface area (Å²) < 4.78 is 37.3. The maximum absolute atomic E-state index is 12.7. The molecule has 1 atom stereocenters. The summed E-state index contributed by atoms with van der Waals surface area (Å²) in [4.78, 5) is 21.2.